The van der Waals surface area contributed by atoms with E-state index in [1.807, 2.05) is 0 Å². The molecule has 0 unspecified atom stereocenters. The molecule has 0 N–H and O–H groups in total. The zero-order valence-electron chi connectivity index (χ0n) is 8.89. The van der Waals surface area contributed by atoms with Gasteiger partial charge in [-0.25, -0.2) is 0 Å². The van der Waals surface area contributed by atoms with Crippen LogP contribution < -0.4 is 0 Å². The van der Waals surface area contributed by atoms with Crippen molar-refractivity contribution in [2.24, 2.45) is 4.99 Å². The van der Waals surface area contributed by atoms with Gasteiger partial charge in [-0.2, -0.15) is 0 Å². The zero-order chi connectivity index (χ0) is 9.84. The summed E-state index contributed by atoms with van der Waals surface area (Å²) >= 11 is 0. The summed E-state index contributed by atoms with van der Waals surface area (Å²) in [5.41, 5.74) is 4.84. The van der Waals surface area contributed by atoms with Crippen molar-refractivity contribution in [3.63, 3.8) is 0 Å². The summed E-state index contributed by atoms with van der Waals surface area (Å²) in [6.07, 6.45) is 1.02. The minimum Gasteiger partial charge on any atom is -0.258 e. The molecule has 0 radical (unpaired) electrons. The van der Waals surface area contributed by atoms with Crippen LogP contribution in [0.3, 0.4) is 0 Å². The molecule has 0 spiro atoms. The average molecular weight is 175 g/mol. The Labute approximate surface area is 80.5 Å². The van der Waals surface area contributed by atoms with E-state index in [-0.39, 0.29) is 0 Å². The van der Waals surface area contributed by atoms with Crippen molar-refractivity contribution in [1.29, 1.82) is 0 Å². The third-order valence-electron chi connectivity index (χ3n) is 2.18. The van der Waals surface area contributed by atoms with Crippen molar-refractivity contribution >= 4 is 11.4 Å². The van der Waals surface area contributed by atoms with E-state index in [0.717, 1.165) is 12.1 Å². The summed E-state index contributed by atoms with van der Waals surface area (Å²) in [7, 11) is 0. The number of rotatable bonds is 2. The van der Waals surface area contributed by atoms with E-state index in [4.69, 9.17) is 0 Å². The highest BCUT2D eigenvalue weighted by molar-refractivity contribution is 5.84. The Morgan fingerprint density at radius 3 is 2.54 bits per heavy atom. The second kappa shape index (κ2) is 4.22. The quantitative estimate of drug-likeness (QED) is 0.606. The molecule has 0 aliphatic rings. The molecular weight excluding hydrogens is 158 g/mol. The van der Waals surface area contributed by atoms with E-state index in [2.05, 4.69) is 50.9 Å². The van der Waals surface area contributed by atoms with Crippen molar-refractivity contribution in [2.75, 3.05) is 0 Å². The van der Waals surface area contributed by atoms with E-state index in [1.165, 1.54) is 16.8 Å². The Balaban J connectivity index is 3.03. The summed E-state index contributed by atoms with van der Waals surface area (Å²) in [5, 5.41) is 0. The van der Waals surface area contributed by atoms with E-state index in [1.54, 1.807) is 0 Å². The van der Waals surface area contributed by atoms with Crippen LogP contribution in [0.5, 0.6) is 0 Å². The number of hydrogen-bond donors (Lipinski definition) is 0. The molecule has 0 saturated heterocycles. The number of aryl methyl sites for hydroxylation is 2. The summed E-state index contributed by atoms with van der Waals surface area (Å²) in [6, 6.07) is 6.36. The van der Waals surface area contributed by atoms with Gasteiger partial charge in [-0.1, -0.05) is 24.6 Å². The molecular formula is C12H17N. The fourth-order valence-corrected chi connectivity index (χ4v) is 1.22. The van der Waals surface area contributed by atoms with E-state index >= 15 is 0 Å². The largest absolute Gasteiger partial charge is 0.258 e. The second-order valence-electron chi connectivity index (χ2n) is 3.49. The van der Waals surface area contributed by atoms with Crippen LogP contribution in [0.15, 0.2) is 23.2 Å². The predicted molar refractivity (Wildman–Crippen MR) is 59.0 cm³/mol. The van der Waals surface area contributed by atoms with Crippen LogP contribution in [0.4, 0.5) is 5.69 Å². The third kappa shape index (κ3) is 2.69. The smallest absolute Gasteiger partial charge is 0.0658 e. The summed E-state index contributed by atoms with van der Waals surface area (Å²) in [4.78, 5) is 4.53. The van der Waals surface area contributed by atoms with Crippen LogP contribution in [0, 0.1) is 13.8 Å². The monoisotopic (exact) mass is 175 g/mol. The molecule has 0 atom stereocenters. The van der Waals surface area contributed by atoms with Gasteiger partial charge in [0, 0.05) is 5.71 Å². The third-order valence-corrected chi connectivity index (χ3v) is 2.18. The Morgan fingerprint density at radius 2 is 2.00 bits per heavy atom. The molecule has 0 aromatic heterocycles. The molecule has 1 rings (SSSR count). The lowest BCUT2D eigenvalue weighted by atomic mass is 10.1. The molecule has 0 amide bonds. The van der Waals surface area contributed by atoms with E-state index < -0.39 is 0 Å². The fourth-order valence-electron chi connectivity index (χ4n) is 1.22. The topological polar surface area (TPSA) is 12.4 Å². The molecule has 0 saturated carbocycles. The Morgan fingerprint density at radius 1 is 1.31 bits per heavy atom. The molecule has 70 valence electrons. The van der Waals surface area contributed by atoms with Crippen molar-refractivity contribution in [3.05, 3.63) is 29.3 Å². The fraction of sp³-hybridized carbons (Fsp3) is 0.417. The Kier molecular flexibility index (Phi) is 3.24. The van der Waals surface area contributed by atoms with Gasteiger partial charge in [0.25, 0.3) is 0 Å². The van der Waals surface area contributed by atoms with Crippen LogP contribution in [-0.2, 0) is 0 Å². The first kappa shape index (κ1) is 9.97. The van der Waals surface area contributed by atoms with Crippen molar-refractivity contribution in [1.82, 2.24) is 0 Å². The maximum atomic E-state index is 4.53. The first-order chi connectivity index (χ1) is 6.13. The van der Waals surface area contributed by atoms with Crippen LogP contribution in [0.25, 0.3) is 0 Å². The molecule has 13 heavy (non-hydrogen) atoms. The minimum atomic E-state index is 1.02. The second-order valence-corrected chi connectivity index (χ2v) is 3.49. The highest BCUT2D eigenvalue weighted by Gasteiger charge is 1.96. The molecule has 0 bridgehead atoms. The first-order valence-electron chi connectivity index (χ1n) is 4.75. The van der Waals surface area contributed by atoms with Gasteiger partial charge in [-0.05, 0) is 38.8 Å². The standard InChI is InChI=1S/C12H17N/c1-5-11(4)13-12-7-6-9(2)8-10(12)3/h6-8H,5H2,1-4H3. The molecule has 0 aliphatic carbocycles. The average Bonchev–Trinajstić information content (AvgIpc) is 2.09. The van der Waals surface area contributed by atoms with Crippen LogP contribution in [0.2, 0.25) is 0 Å². The maximum absolute atomic E-state index is 4.53. The highest BCUT2D eigenvalue weighted by Crippen LogP contribution is 2.19. The van der Waals surface area contributed by atoms with Gasteiger partial charge >= 0.3 is 0 Å². The summed E-state index contributed by atoms with van der Waals surface area (Å²) in [5.74, 6) is 0. The SMILES string of the molecule is CCC(C)=Nc1ccc(C)cc1C. The predicted octanol–water partition coefficient (Wildman–Crippen LogP) is 3.81. The van der Waals surface area contributed by atoms with Crippen LogP contribution in [0.1, 0.15) is 31.4 Å². The summed E-state index contributed by atoms with van der Waals surface area (Å²) in [6.45, 7) is 8.41. The number of hydrogen-bond acceptors (Lipinski definition) is 1. The molecule has 1 aromatic rings. The van der Waals surface area contributed by atoms with E-state index in [9.17, 15) is 0 Å². The lowest BCUT2D eigenvalue weighted by Crippen LogP contribution is -1.86. The molecule has 1 heteroatoms. The van der Waals surface area contributed by atoms with Gasteiger partial charge in [0.15, 0.2) is 0 Å². The Bertz CT molecular complexity index is 324. The van der Waals surface area contributed by atoms with Gasteiger partial charge in [0.1, 0.15) is 0 Å². The van der Waals surface area contributed by atoms with Crippen LogP contribution in [-0.4, -0.2) is 5.71 Å². The molecule has 0 aliphatic heterocycles. The van der Waals surface area contributed by atoms with Crippen molar-refractivity contribution in [3.8, 4) is 0 Å². The minimum absolute atomic E-state index is 1.02. The molecule has 1 aromatic carbocycles. The zero-order valence-corrected chi connectivity index (χ0v) is 8.89. The molecule has 1 nitrogen and oxygen atoms in total. The lowest BCUT2D eigenvalue weighted by molar-refractivity contribution is 1.24. The Hall–Kier alpha value is -1.11. The van der Waals surface area contributed by atoms with Gasteiger partial charge in [0.05, 0.1) is 5.69 Å². The molecule has 0 fully saturated rings. The lowest BCUT2D eigenvalue weighted by Gasteiger charge is -2.02. The number of benzene rings is 1. The highest BCUT2D eigenvalue weighted by atomic mass is 14.7. The number of nitrogens with zero attached hydrogens (tertiary/aromatic N) is 1. The normalized spacial score (nSPS) is 11.8. The number of aliphatic imine (C=N–C) groups is 1. The summed E-state index contributed by atoms with van der Waals surface area (Å²) < 4.78 is 0. The first-order valence-corrected chi connectivity index (χ1v) is 4.75. The maximum Gasteiger partial charge on any atom is 0.0658 e. The van der Waals surface area contributed by atoms with Crippen molar-refractivity contribution < 1.29 is 0 Å². The van der Waals surface area contributed by atoms with Gasteiger partial charge in [0.2, 0.25) is 0 Å². The van der Waals surface area contributed by atoms with Crippen LogP contribution >= 0.6 is 0 Å². The van der Waals surface area contributed by atoms with E-state index in [0.29, 0.717) is 0 Å². The molecule has 0 heterocycles. The van der Waals surface area contributed by atoms with Crippen molar-refractivity contribution in [2.45, 2.75) is 34.1 Å². The van der Waals surface area contributed by atoms with Gasteiger partial charge in [-0.3, -0.25) is 4.99 Å². The van der Waals surface area contributed by atoms with Gasteiger partial charge in [-0.15, -0.1) is 0 Å². The van der Waals surface area contributed by atoms with Gasteiger partial charge < -0.3 is 0 Å².